The summed E-state index contributed by atoms with van der Waals surface area (Å²) in [6, 6.07) is 9.34. The zero-order valence-corrected chi connectivity index (χ0v) is 10.5. The lowest BCUT2D eigenvalue weighted by Gasteiger charge is -2.04. The lowest BCUT2D eigenvalue weighted by atomic mass is 10.1. The van der Waals surface area contributed by atoms with Crippen molar-refractivity contribution in [2.75, 3.05) is 5.73 Å². The molecule has 4 nitrogen and oxygen atoms in total. The van der Waals surface area contributed by atoms with Gasteiger partial charge in [-0.05, 0) is 42.8 Å². The number of hydrogen-bond donors (Lipinski definition) is 1. The van der Waals surface area contributed by atoms with Crippen molar-refractivity contribution in [3.05, 3.63) is 47.1 Å². The van der Waals surface area contributed by atoms with E-state index in [1.54, 1.807) is 12.1 Å². The highest BCUT2D eigenvalue weighted by Gasteiger charge is 2.11. The molecule has 0 spiro atoms. The van der Waals surface area contributed by atoms with Crippen LogP contribution in [0.4, 0.5) is 5.69 Å². The molecule has 5 heteroatoms. The van der Waals surface area contributed by atoms with Gasteiger partial charge in [-0.2, -0.15) is 0 Å². The number of pyridine rings is 1. The maximum Gasteiger partial charge on any atom is 0.170 e. The van der Waals surface area contributed by atoms with Crippen molar-refractivity contribution < 1.29 is 0 Å². The number of halogens is 1. The van der Waals surface area contributed by atoms with Gasteiger partial charge in [-0.3, -0.25) is 4.40 Å². The van der Waals surface area contributed by atoms with E-state index < -0.39 is 0 Å². The van der Waals surface area contributed by atoms with Gasteiger partial charge in [-0.15, -0.1) is 10.2 Å². The molecule has 0 unspecified atom stereocenters. The SMILES string of the molecule is Cc1ccn2c(-c3ccc(Cl)cc3N)nnc2c1. The fourth-order valence-electron chi connectivity index (χ4n) is 1.91. The molecule has 18 heavy (non-hydrogen) atoms. The van der Waals surface area contributed by atoms with Gasteiger partial charge in [0, 0.05) is 22.5 Å². The molecule has 0 aliphatic carbocycles. The minimum Gasteiger partial charge on any atom is -0.398 e. The first-order valence-electron chi connectivity index (χ1n) is 5.52. The maximum atomic E-state index is 5.97. The maximum absolute atomic E-state index is 5.97. The van der Waals surface area contributed by atoms with Gasteiger partial charge in [0.25, 0.3) is 0 Å². The minimum absolute atomic E-state index is 0.595. The number of nitrogens with two attached hydrogens (primary N) is 1. The van der Waals surface area contributed by atoms with E-state index in [1.165, 1.54) is 0 Å². The highest BCUT2D eigenvalue weighted by atomic mass is 35.5. The van der Waals surface area contributed by atoms with E-state index >= 15 is 0 Å². The summed E-state index contributed by atoms with van der Waals surface area (Å²) in [7, 11) is 0. The topological polar surface area (TPSA) is 56.2 Å². The van der Waals surface area contributed by atoms with Crippen LogP contribution >= 0.6 is 11.6 Å². The monoisotopic (exact) mass is 258 g/mol. The van der Waals surface area contributed by atoms with E-state index in [0.29, 0.717) is 10.7 Å². The van der Waals surface area contributed by atoms with E-state index in [9.17, 15) is 0 Å². The second-order valence-corrected chi connectivity index (χ2v) is 4.62. The van der Waals surface area contributed by atoms with Crippen LogP contribution in [-0.2, 0) is 0 Å². The summed E-state index contributed by atoms with van der Waals surface area (Å²) in [5.74, 6) is 0.721. The molecule has 2 heterocycles. The Kier molecular flexibility index (Phi) is 2.45. The second kappa shape index (κ2) is 3.99. The molecule has 0 amide bonds. The van der Waals surface area contributed by atoms with Crippen molar-refractivity contribution in [2.24, 2.45) is 0 Å². The molecular weight excluding hydrogens is 248 g/mol. The van der Waals surface area contributed by atoms with Crippen LogP contribution < -0.4 is 5.73 Å². The van der Waals surface area contributed by atoms with Crippen molar-refractivity contribution in [3.8, 4) is 11.4 Å². The first kappa shape index (κ1) is 11.0. The molecule has 0 bridgehead atoms. The average molecular weight is 259 g/mol. The molecule has 0 saturated carbocycles. The van der Waals surface area contributed by atoms with Crippen molar-refractivity contribution >= 4 is 22.9 Å². The largest absolute Gasteiger partial charge is 0.398 e. The Labute approximate surface area is 109 Å². The molecule has 2 aromatic heterocycles. The van der Waals surface area contributed by atoms with E-state index in [4.69, 9.17) is 17.3 Å². The number of anilines is 1. The van der Waals surface area contributed by atoms with Crippen molar-refractivity contribution in [3.63, 3.8) is 0 Å². The molecule has 0 fully saturated rings. The number of nitrogens with zero attached hydrogens (tertiary/aromatic N) is 3. The van der Waals surface area contributed by atoms with Crippen LogP contribution in [0.2, 0.25) is 5.02 Å². The van der Waals surface area contributed by atoms with Gasteiger partial charge in [-0.1, -0.05) is 11.6 Å². The van der Waals surface area contributed by atoms with Crippen molar-refractivity contribution in [1.29, 1.82) is 0 Å². The number of rotatable bonds is 1. The van der Waals surface area contributed by atoms with Crippen molar-refractivity contribution in [2.45, 2.75) is 6.92 Å². The zero-order chi connectivity index (χ0) is 12.7. The summed E-state index contributed by atoms with van der Waals surface area (Å²) in [5.41, 5.74) is 9.34. The molecule has 90 valence electrons. The van der Waals surface area contributed by atoms with E-state index in [2.05, 4.69) is 10.2 Å². The Morgan fingerprint density at radius 2 is 2.00 bits per heavy atom. The fraction of sp³-hybridized carbons (Fsp3) is 0.0769. The third-order valence-electron chi connectivity index (χ3n) is 2.82. The van der Waals surface area contributed by atoms with E-state index in [1.807, 2.05) is 35.7 Å². The number of hydrogen-bond acceptors (Lipinski definition) is 3. The molecule has 0 aliphatic rings. The Balaban J connectivity index is 2.25. The molecule has 0 radical (unpaired) electrons. The molecule has 3 aromatic rings. The summed E-state index contributed by atoms with van der Waals surface area (Å²) in [6.07, 6.45) is 1.94. The predicted octanol–water partition coefficient (Wildman–Crippen LogP) is 2.94. The van der Waals surface area contributed by atoms with E-state index in [0.717, 1.165) is 22.6 Å². The Bertz CT molecular complexity index is 733. The number of fused-ring (bicyclic) bond motifs is 1. The van der Waals surface area contributed by atoms with Crippen LogP contribution in [0.3, 0.4) is 0 Å². The summed E-state index contributed by atoms with van der Waals surface area (Å²) >= 11 is 5.89. The van der Waals surface area contributed by atoms with Gasteiger partial charge in [0.2, 0.25) is 0 Å². The van der Waals surface area contributed by atoms with Gasteiger partial charge in [0.05, 0.1) is 0 Å². The highest BCUT2D eigenvalue weighted by Crippen LogP contribution is 2.27. The lowest BCUT2D eigenvalue weighted by Crippen LogP contribution is -1.94. The smallest absolute Gasteiger partial charge is 0.170 e. The lowest BCUT2D eigenvalue weighted by molar-refractivity contribution is 1.11. The summed E-state index contributed by atoms with van der Waals surface area (Å²) < 4.78 is 1.91. The third-order valence-corrected chi connectivity index (χ3v) is 3.06. The minimum atomic E-state index is 0.595. The first-order valence-corrected chi connectivity index (χ1v) is 5.90. The summed E-state index contributed by atoms with van der Waals surface area (Å²) in [6.45, 7) is 2.02. The predicted molar refractivity (Wildman–Crippen MR) is 72.6 cm³/mol. The fourth-order valence-corrected chi connectivity index (χ4v) is 2.09. The normalized spacial score (nSPS) is 11.0. The van der Waals surface area contributed by atoms with Gasteiger partial charge in [0.1, 0.15) is 0 Å². The number of aryl methyl sites for hydroxylation is 1. The Morgan fingerprint density at radius 3 is 2.78 bits per heavy atom. The molecule has 0 saturated heterocycles. The number of nitrogen functional groups attached to an aromatic ring is 1. The van der Waals surface area contributed by atoms with Crippen LogP contribution in [-0.4, -0.2) is 14.6 Å². The molecule has 0 aliphatic heterocycles. The third kappa shape index (κ3) is 1.71. The van der Waals surface area contributed by atoms with Crippen LogP contribution in [0.15, 0.2) is 36.5 Å². The quantitative estimate of drug-likeness (QED) is 0.683. The molecule has 2 N–H and O–H groups in total. The number of aromatic nitrogens is 3. The summed E-state index contributed by atoms with van der Waals surface area (Å²) in [5, 5.41) is 8.94. The van der Waals surface area contributed by atoms with Crippen LogP contribution in [0, 0.1) is 6.92 Å². The second-order valence-electron chi connectivity index (χ2n) is 4.19. The molecule has 1 aromatic carbocycles. The highest BCUT2D eigenvalue weighted by molar-refractivity contribution is 6.31. The molecule has 3 rings (SSSR count). The van der Waals surface area contributed by atoms with Crippen LogP contribution in [0.25, 0.3) is 17.0 Å². The summed E-state index contributed by atoms with van der Waals surface area (Å²) in [4.78, 5) is 0. The van der Waals surface area contributed by atoms with Gasteiger partial charge in [-0.25, -0.2) is 0 Å². The Hall–Kier alpha value is -2.07. The van der Waals surface area contributed by atoms with Gasteiger partial charge >= 0.3 is 0 Å². The van der Waals surface area contributed by atoms with Crippen molar-refractivity contribution in [1.82, 2.24) is 14.6 Å². The van der Waals surface area contributed by atoms with Gasteiger partial charge in [0.15, 0.2) is 11.5 Å². The van der Waals surface area contributed by atoms with Crippen LogP contribution in [0.5, 0.6) is 0 Å². The first-order chi connectivity index (χ1) is 8.65. The standard InChI is InChI=1S/C13H11ClN4/c1-8-4-5-18-12(6-8)16-17-13(18)10-3-2-9(14)7-11(10)15/h2-7H,15H2,1H3. The van der Waals surface area contributed by atoms with Gasteiger partial charge < -0.3 is 5.73 Å². The molecular formula is C13H11ClN4. The average Bonchev–Trinajstić information content (AvgIpc) is 2.72. The molecule has 0 atom stereocenters. The Morgan fingerprint density at radius 1 is 1.17 bits per heavy atom. The number of benzene rings is 1. The van der Waals surface area contributed by atoms with E-state index in [-0.39, 0.29) is 0 Å². The van der Waals surface area contributed by atoms with Crippen LogP contribution in [0.1, 0.15) is 5.56 Å². The zero-order valence-electron chi connectivity index (χ0n) is 9.76.